The number of carboxylic acids is 1. The molecule has 0 radical (unpaired) electrons. The summed E-state index contributed by atoms with van der Waals surface area (Å²) in [5.41, 5.74) is -0.0452. The number of hydrogen-bond acceptors (Lipinski definition) is 6. The average Bonchev–Trinajstić information content (AvgIpc) is 2.98. The molecule has 2 heterocycles. The third-order valence-electron chi connectivity index (χ3n) is 4.24. The molecule has 1 aromatic rings. The van der Waals surface area contributed by atoms with Crippen LogP contribution in [0.5, 0.6) is 0 Å². The van der Waals surface area contributed by atoms with Crippen LogP contribution in [0.15, 0.2) is 15.7 Å². The van der Waals surface area contributed by atoms with E-state index in [4.69, 9.17) is 9.84 Å². The van der Waals surface area contributed by atoms with E-state index < -0.39 is 28.0 Å². The van der Waals surface area contributed by atoms with Crippen molar-refractivity contribution in [3.63, 3.8) is 0 Å². The minimum absolute atomic E-state index is 0.0117. The summed E-state index contributed by atoms with van der Waals surface area (Å²) in [7, 11) is -3.71. The second kappa shape index (κ2) is 6.88. The van der Waals surface area contributed by atoms with Crippen LogP contribution in [0, 0.1) is 0 Å². The van der Waals surface area contributed by atoms with Crippen LogP contribution >= 0.6 is 11.3 Å². The number of carbonyl (C=O) groups is 1. The Kier molecular flexibility index (Phi) is 5.13. The second-order valence-corrected chi connectivity index (χ2v) is 9.11. The number of piperazine rings is 1. The van der Waals surface area contributed by atoms with E-state index in [0.29, 0.717) is 19.6 Å². The molecular weight excluding hydrogens is 378 g/mol. The summed E-state index contributed by atoms with van der Waals surface area (Å²) in [5, 5.41) is 10.2. The topological polar surface area (TPSA) is 87.1 Å². The van der Waals surface area contributed by atoms with Gasteiger partial charge >= 0.3 is 5.97 Å². The highest BCUT2D eigenvalue weighted by atomic mass is 32.2. The van der Waals surface area contributed by atoms with Crippen LogP contribution in [0.2, 0.25) is 0 Å². The van der Waals surface area contributed by atoms with Gasteiger partial charge in [0.25, 0.3) is 15.9 Å². The summed E-state index contributed by atoms with van der Waals surface area (Å²) in [6, 6.07) is 1.17. The van der Waals surface area contributed by atoms with Gasteiger partial charge in [0.15, 0.2) is 0 Å². The first kappa shape index (κ1) is 18.6. The summed E-state index contributed by atoms with van der Waals surface area (Å²) < 4.78 is 56.9. The van der Waals surface area contributed by atoms with Crippen LogP contribution in [-0.4, -0.2) is 80.1 Å². The average molecular weight is 396 g/mol. The maximum Gasteiger partial charge on any atom is 0.336 e. The molecule has 1 N–H and O–H groups in total. The van der Waals surface area contributed by atoms with E-state index in [1.807, 2.05) is 4.90 Å². The van der Waals surface area contributed by atoms with Crippen molar-refractivity contribution >= 4 is 27.3 Å². The first-order valence-corrected chi connectivity index (χ1v) is 10.1. The quantitative estimate of drug-likeness (QED) is 0.745. The SMILES string of the molecule is O=C(O)c1csc(S(=O)(=O)N2CCN(CCOC3CC3(F)F)CC2)c1. The molecule has 1 saturated carbocycles. The van der Waals surface area contributed by atoms with E-state index in [1.165, 1.54) is 15.8 Å². The van der Waals surface area contributed by atoms with Crippen molar-refractivity contribution < 1.29 is 31.8 Å². The highest BCUT2D eigenvalue weighted by Gasteiger charge is 2.58. The number of nitrogens with zero attached hydrogens (tertiary/aromatic N) is 2. The van der Waals surface area contributed by atoms with Crippen molar-refractivity contribution in [2.24, 2.45) is 0 Å². The third-order valence-corrected chi connectivity index (χ3v) is 7.56. The van der Waals surface area contributed by atoms with Crippen LogP contribution in [-0.2, 0) is 14.8 Å². The van der Waals surface area contributed by atoms with E-state index in [9.17, 15) is 22.0 Å². The van der Waals surface area contributed by atoms with Crippen molar-refractivity contribution in [2.45, 2.75) is 22.7 Å². The van der Waals surface area contributed by atoms with E-state index in [0.717, 1.165) is 11.3 Å². The maximum atomic E-state index is 12.7. The molecule has 11 heteroatoms. The predicted molar refractivity (Wildman–Crippen MR) is 85.8 cm³/mol. The fourth-order valence-corrected chi connectivity index (χ4v) is 5.31. The fourth-order valence-electron chi connectivity index (χ4n) is 2.58. The largest absolute Gasteiger partial charge is 0.478 e. The number of aromatic carboxylic acids is 1. The zero-order chi connectivity index (χ0) is 18.2. The van der Waals surface area contributed by atoms with Gasteiger partial charge < -0.3 is 9.84 Å². The Morgan fingerprint density at radius 3 is 2.52 bits per heavy atom. The molecule has 140 valence electrons. The molecular formula is C14H18F2N2O5S2. The first-order chi connectivity index (χ1) is 11.7. The van der Waals surface area contributed by atoms with Crippen LogP contribution in [0.3, 0.4) is 0 Å². The Hall–Kier alpha value is -1.14. The van der Waals surface area contributed by atoms with E-state index >= 15 is 0 Å². The summed E-state index contributed by atoms with van der Waals surface area (Å²) in [6.07, 6.45) is -1.20. The molecule has 2 fully saturated rings. The molecule has 2 aliphatic rings. The van der Waals surface area contributed by atoms with Crippen LogP contribution in [0.25, 0.3) is 0 Å². The molecule has 1 atom stereocenters. The van der Waals surface area contributed by atoms with Gasteiger partial charge in [-0.15, -0.1) is 11.3 Å². The molecule has 1 unspecified atom stereocenters. The number of carboxylic acid groups (broad SMARTS) is 1. The molecule has 0 amide bonds. The van der Waals surface area contributed by atoms with Crippen LogP contribution in [0.4, 0.5) is 8.78 Å². The lowest BCUT2D eigenvalue weighted by atomic mass is 10.3. The number of alkyl halides is 2. The van der Waals surface area contributed by atoms with Crippen LogP contribution in [0.1, 0.15) is 16.8 Å². The maximum absolute atomic E-state index is 12.7. The fraction of sp³-hybridized carbons (Fsp3) is 0.643. The molecule has 1 aliphatic carbocycles. The molecule has 3 rings (SSSR count). The Labute approximate surface area is 147 Å². The zero-order valence-electron chi connectivity index (χ0n) is 13.2. The summed E-state index contributed by atoms with van der Waals surface area (Å²) >= 11 is 0.888. The molecule has 0 spiro atoms. The van der Waals surface area contributed by atoms with E-state index in [-0.39, 0.29) is 35.9 Å². The zero-order valence-corrected chi connectivity index (χ0v) is 14.9. The summed E-state index contributed by atoms with van der Waals surface area (Å²) in [5.74, 6) is -3.86. The van der Waals surface area contributed by atoms with Gasteiger partial charge in [-0.05, 0) is 6.07 Å². The minimum atomic E-state index is -3.71. The van der Waals surface area contributed by atoms with Crippen molar-refractivity contribution in [1.82, 2.24) is 9.21 Å². The number of thiophene rings is 1. The molecule has 25 heavy (non-hydrogen) atoms. The van der Waals surface area contributed by atoms with Crippen molar-refractivity contribution in [1.29, 1.82) is 0 Å². The van der Waals surface area contributed by atoms with Crippen molar-refractivity contribution in [3.05, 3.63) is 17.0 Å². The molecule has 1 aliphatic heterocycles. The van der Waals surface area contributed by atoms with Crippen molar-refractivity contribution in [2.75, 3.05) is 39.3 Å². The van der Waals surface area contributed by atoms with Crippen molar-refractivity contribution in [3.8, 4) is 0 Å². The van der Waals surface area contributed by atoms with Gasteiger partial charge in [0.05, 0.1) is 12.2 Å². The highest BCUT2D eigenvalue weighted by molar-refractivity contribution is 7.91. The standard InChI is InChI=1S/C14H18F2N2O5S2/c15-14(16)8-11(14)23-6-5-17-1-3-18(4-2-17)25(21,22)12-7-10(9-24-12)13(19)20/h7,9,11H,1-6,8H2,(H,19,20). The van der Waals surface area contributed by atoms with Gasteiger partial charge in [0, 0.05) is 44.5 Å². The Balaban J connectivity index is 1.48. The number of rotatable bonds is 7. The van der Waals surface area contributed by atoms with Gasteiger partial charge in [-0.1, -0.05) is 0 Å². The van der Waals surface area contributed by atoms with Gasteiger partial charge in [0.1, 0.15) is 10.3 Å². The Morgan fingerprint density at radius 2 is 2.00 bits per heavy atom. The molecule has 1 aromatic heterocycles. The number of halogens is 2. The van der Waals surface area contributed by atoms with Gasteiger partial charge in [0.2, 0.25) is 0 Å². The lowest BCUT2D eigenvalue weighted by molar-refractivity contribution is 0.00407. The highest BCUT2D eigenvalue weighted by Crippen LogP contribution is 2.44. The number of ether oxygens (including phenoxy) is 1. The van der Waals surface area contributed by atoms with Gasteiger partial charge in [-0.3, -0.25) is 4.90 Å². The van der Waals surface area contributed by atoms with Crippen LogP contribution < -0.4 is 0 Å². The smallest absolute Gasteiger partial charge is 0.336 e. The minimum Gasteiger partial charge on any atom is -0.478 e. The third kappa shape index (κ3) is 4.17. The number of hydrogen-bond donors (Lipinski definition) is 1. The molecule has 0 aromatic carbocycles. The molecule has 0 bridgehead atoms. The lowest BCUT2D eigenvalue weighted by Crippen LogP contribution is -2.49. The lowest BCUT2D eigenvalue weighted by Gasteiger charge is -2.33. The molecule has 7 nitrogen and oxygen atoms in total. The summed E-state index contributed by atoms with van der Waals surface area (Å²) in [6.45, 7) is 2.15. The predicted octanol–water partition coefficient (Wildman–Crippen LogP) is 1.18. The number of sulfonamides is 1. The van der Waals surface area contributed by atoms with E-state index in [1.54, 1.807) is 0 Å². The van der Waals surface area contributed by atoms with Gasteiger partial charge in [-0.25, -0.2) is 22.0 Å². The normalized spacial score (nSPS) is 24.3. The second-order valence-electron chi connectivity index (χ2n) is 6.03. The Bertz CT molecular complexity index is 744. The van der Waals surface area contributed by atoms with Gasteiger partial charge in [-0.2, -0.15) is 4.31 Å². The molecule has 1 saturated heterocycles. The van der Waals surface area contributed by atoms with E-state index in [2.05, 4.69) is 0 Å². The Morgan fingerprint density at radius 1 is 1.36 bits per heavy atom. The first-order valence-electron chi connectivity index (χ1n) is 7.74. The summed E-state index contributed by atoms with van der Waals surface area (Å²) in [4.78, 5) is 12.8. The monoisotopic (exact) mass is 396 g/mol.